The number of nitrogens with zero attached hydrogens (tertiary/aromatic N) is 5. The van der Waals surface area contributed by atoms with E-state index in [1.165, 1.54) is 17.1 Å². The molecule has 4 rings (SSSR count). The fourth-order valence-electron chi connectivity index (χ4n) is 3.07. The molecule has 0 fully saturated rings. The molecule has 0 aliphatic heterocycles. The fourth-order valence-corrected chi connectivity index (χ4v) is 3.07. The van der Waals surface area contributed by atoms with E-state index in [4.69, 9.17) is 0 Å². The Balaban J connectivity index is 1.46. The number of amides is 1. The Morgan fingerprint density at radius 3 is 3.03 bits per heavy atom. The molecule has 3 N–H and O–H groups in total. The third-order valence-corrected chi connectivity index (χ3v) is 4.66. The maximum absolute atomic E-state index is 12.4. The van der Waals surface area contributed by atoms with E-state index in [1.54, 1.807) is 12.3 Å². The number of alkyl halides is 1. The van der Waals surface area contributed by atoms with Crippen molar-refractivity contribution in [2.45, 2.75) is 26.4 Å². The van der Waals surface area contributed by atoms with Crippen LogP contribution in [0.5, 0.6) is 0 Å². The number of H-pyrrole nitrogens is 1. The predicted octanol–water partition coefficient (Wildman–Crippen LogP) is 3.25. The van der Waals surface area contributed by atoms with Crippen LogP contribution >= 0.6 is 0 Å². The van der Waals surface area contributed by atoms with Crippen molar-refractivity contribution >= 4 is 28.6 Å². The van der Waals surface area contributed by atoms with Gasteiger partial charge in [-0.15, -0.1) is 0 Å². The number of aromatic nitrogens is 6. The molecule has 9 nitrogen and oxygen atoms in total. The number of fused-ring (bicyclic) bond motifs is 1. The first-order valence-electron chi connectivity index (χ1n) is 9.47. The van der Waals surface area contributed by atoms with Crippen LogP contribution in [0.2, 0.25) is 0 Å². The highest BCUT2D eigenvalue weighted by molar-refractivity contribution is 6.03. The second kappa shape index (κ2) is 8.27. The smallest absolute Gasteiger partial charge is 0.258 e. The zero-order chi connectivity index (χ0) is 21.1. The van der Waals surface area contributed by atoms with Crippen molar-refractivity contribution in [2.24, 2.45) is 0 Å². The first-order chi connectivity index (χ1) is 14.5. The number of carbonyl (C=O) groups excluding carboxylic acids is 1. The summed E-state index contributed by atoms with van der Waals surface area (Å²) >= 11 is 0. The van der Waals surface area contributed by atoms with Crippen molar-refractivity contribution in [1.82, 2.24) is 29.9 Å². The summed E-state index contributed by atoms with van der Waals surface area (Å²) in [6.07, 6.45) is 4.60. The van der Waals surface area contributed by atoms with Gasteiger partial charge in [-0.25, -0.2) is 14.4 Å². The zero-order valence-corrected chi connectivity index (χ0v) is 16.6. The maximum atomic E-state index is 12.4. The number of hydrogen-bond donors (Lipinski definition) is 3. The van der Waals surface area contributed by atoms with E-state index in [1.807, 2.05) is 32.0 Å². The molecule has 1 atom stereocenters. The molecular formula is C20H21FN8O. The van der Waals surface area contributed by atoms with Gasteiger partial charge in [-0.05, 0) is 31.5 Å². The molecular weight excluding hydrogens is 387 g/mol. The standard InChI is InChI=1S/C20H21FN8O/c1-12(24-17-10-22-19-18(26-17)13(2)27-28-19)14-4-3-5-16(8-14)25-20(30)15-9-23-29(11-15)7-6-21/h3-5,8-12H,6-7H2,1-2H3,(H,24,26)(H,25,30)(H,22,27,28)/t12-/m0/s1. The van der Waals surface area contributed by atoms with Crippen molar-refractivity contribution in [3.8, 4) is 0 Å². The van der Waals surface area contributed by atoms with Crippen molar-refractivity contribution in [3.05, 3.63) is 59.7 Å². The number of hydrogen-bond acceptors (Lipinski definition) is 6. The van der Waals surface area contributed by atoms with E-state index < -0.39 is 6.67 Å². The highest BCUT2D eigenvalue weighted by atomic mass is 19.1. The number of nitrogens with one attached hydrogen (secondary N) is 3. The molecule has 3 aromatic heterocycles. The van der Waals surface area contributed by atoms with Crippen LogP contribution in [0.15, 0.2) is 42.9 Å². The van der Waals surface area contributed by atoms with Gasteiger partial charge in [-0.2, -0.15) is 10.2 Å². The number of benzene rings is 1. The van der Waals surface area contributed by atoms with Crippen LogP contribution < -0.4 is 10.6 Å². The number of rotatable bonds is 7. The Bertz CT molecular complexity index is 1180. The summed E-state index contributed by atoms with van der Waals surface area (Å²) in [5.74, 6) is 0.332. The highest BCUT2D eigenvalue weighted by Crippen LogP contribution is 2.22. The Labute approximate surface area is 171 Å². The molecule has 0 bridgehead atoms. The lowest BCUT2D eigenvalue weighted by atomic mass is 10.1. The van der Waals surface area contributed by atoms with Crippen LogP contribution in [0, 0.1) is 6.92 Å². The summed E-state index contributed by atoms with van der Waals surface area (Å²) in [6, 6.07) is 7.44. The normalized spacial score (nSPS) is 12.1. The minimum atomic E-state index is -0.535. The SMILES string of the molecule is Cc1n[nH]c2ncc(N[C@@H](C)c3cccc(NC(=O)c4cnn(CCF)c4)c3)nc12. The summed E-state index contributed by atoms with van der Waals surface area (Å²) in [7, 11) is 0. The summed E-state index contributed by atoms with van der Waals surface area (Å²) < 4.78 is 13.8. The van der Waals surface area contributed by atoms with Gasteiger partial charge in [-0.3, -0.25) is 14.6 Å². The Kier molecular flexibility index (Phi) is 5.38. The molecule has 0 aliphatic carbocycles. The summed E-state index contributed by atoms with van der Waals surface area (Å²) in [5.41, 5.74) is 4.14. The topological polar surface area (TPSA) is 113 Å². The summed E-state index contributed by atoms with van der Waals surface area (Å²) in [6.45, 7) is 3.45. The molecule has 0 spiro atoms. The van der Waals surface area contributed by atoms with E-state index in [0.717, 1.165) is 16.8 Å². The van der Waals surface area contributed by atoms with E-state index in [2.05, 4.69) is 35.9 Å². The van der Waals surface area contributed by atoms with Gasteiger partial charge >= 0.3 is 0 Å². The number of carbonyl (C=O) groups is 1. The van der Waals surface area contributed by atoms with E-state index in [9.17, 15) is 9.18 Å². The molecule has 4 aromatic rings. The first kappa shape index (κ1) is 19.5. The zero-order valence-electron chi connectivity index (χ0n) is 16.6. The van der Waals surface area contributed by atoms with Crippen LogP contribution in [0.3, 0.4) is 0 Å². The van der Waals surface area contributed by atoms with Crippen molar-refractivity contribution in [2.75, 3.05) is 17.3 Å². The molecule has 0 saturated carbocycles. The van der Waals surface area contributed by atoms with Crippen molar-refractivity contribution in [3.63, 3.8) is 0 Å². The Morgan fingerprint density at radius 2 is 2.20 bits per heavy atom. The Hall–Kier alpha value is -3.82. The van der Waals surface area contributed by atoms with Crippen LogP contribution in [0.1, 0.15) is 34.6 Å². The van der Waals surface area contributed by atoms with Gasteiger partial charge < -0.3 is 10.6 Å². The minimum absolute atomic E-state index is 0.0758. The molecule has 10 heteroatoms. The lowest BCUT2D eigenvalue weighted by Crippen LogP contribution is -2.13. The van der Waals surface area contributed by atoms with Gasteiger partial charge in [0.2, 0.25) is 0 Å². The first-order valence-corrected chi connectivity index (χ1v) is 9.47. The Morgan fingerprint density at radius 1 is 1.33 bits per heavy atom. The van der Waals surface area contributed by atoms with Gasteiger partial charge in [-0.1, -0.05) is 12.1 Å². The van der Waals surface area contributed by atoms with E-state index in [0.29, 0.717) is 22.7 Å². The molecule has 0 saturated heterocycles. The number of aryl methyl sites for hydroxylation is 2. The lowest BCUT2D eigenvalue weighted by Gasteiger charge is -2.16. The number of halogens is 1. The van der Waals surface area contributed by atoms with E-state index >= 15 is 0 Å². The molecule has 0 unspecified atom stereocenters. The molecule has 154 valence electrons. The average molecular weight is 408 g/mol. The molecule has 30 heavy (non-hydrogen) atoms. The molecule has 1 aromatic carbocycles. The number of anilines is 2. The van der Waals surface area contributed by atoms with Gasteiger partial charge in [0.25, 0.3) is 5.91 Å². The van der Waals surface area contributed by atoms with Gasteiger partial charge in [0, 0.05) is 11.9 Å². The quantitative estimate of drug-likeness (QED) is 0.433. The fraction of sp³-hybridized carbons (Fsp3) is 0.250. The largest absolute Gasteiger partial charge is 0.362 e. The summed E-state index contributed by atoms with van der Waals surface area (Å²) in [4.78, 5) is 21.3. The van der Waals surface area contributed by atoms with Crippen LogP contribution in [-0.2, 0) is 6.54 Å². The predicted molar refractivity (Wildman–Crippen MR) is 111 cm³/mol. The molecule has 1 amide bonds. The third-order valence-electron chi connectivity index (χ3n) is 4.66. The third kappa shape index (κ3) is 4.12. The molecule has 3 heterocycles. The molecule has 0 aliphatic rings. The van der Waals surface area contributed by atoms with E-state index in [-0.39, 0.29) is 18.5 Å². The van der Waals surface area contributed by atoms with Gasteiger partial charge in [0.15, 0.2) is 5.65 Å². The summed E-state index contributed by atoms with van der Waals surface area (Å²) in [5, 5.41) is 17.1. The van der Waals surface area contributed by atoms with Gasteiger partial charge in [0.05, 0.1) is 36.2 Å². The number of aromatic amines is 1. The highest BCUT2D eigenvalue weighted by Gasteiger charge is 2.12. The maximum Gasteiger partial charge on any atom is 0.258 e. The van der Waals surface area contributed by atoms with Crippen molar-refractivity contribution < 1.29 is 9.18 Å². The van der Waals surface area contributed by atoms with Crippen LogP contribution in [0.25, 0.3) is 11.2 Å². The van der Waals surface area contributed by atoms with Gasteiger partial charge in [0.1, 0.15) is 18.0 Å². The van der Waals surface area contributed by atoms with Crippen LogP contribution in [-0.4, -0.2) is 42.5 Å². The second-order valence-corrected chi connectivity index (χ2v) is 6.89. The molecule has 0 radical (unpaired) electrons. The monoisotopic (exact) mass is 408 g/mol. The van der Waals surface area contributed by atoms with Crippen LogP contribution in [0.4, 0.5) is 15.9 Å². The minimum Gasteiger partial charge on any atom is -0.362 e. The average Bonchev–Trinajstić information content (AvgIpc) is 3.36. The lowest BCUT2D eigenvalue weighted by molar-refractivity contribution is 0.102. The van der Waals surface area contributed by atoms with Crippen molar-refractivity contribution in [1.29, 1.82) is 0 Å². The second-order valence-electron chi connectivity index (χ2n) is 6.89.